The zero-order chi connectivity index (χ0) is 27.7. The van der Waals surface area contributed by atoms with Gasteiger partial charge in [0.05, 0.1) is 25.0 Å². The number of carbonyl (C=O) groups excluding carboxylic acids is 1. The summed E-state index contributed by atoms with van der Waals surface area (Å²) in [5.74, 6) is 0.396. The zero-order valence-corrected chi connectivity index (χ0v) is 22.8. The fourth-order valence-corrected chi connectivity index (χ4v) is 4.98. The molecule has 2 aromatic carbocycles. The smallest absolute Gasteiger partial charge is 0.245 e. The van der Waals surface area contributed by atoms with Crippen LogP contribution in [0.1, 0.15) is 30.5 Å². The van der Waals surface area contributed by atoms with Crippen LogP contribution >= 0.6 is 0 Å². The number of nitrogens with zero attached hydrogens (tertiary/aromatic N) is 4. The van der Waals surface area contributed by atoms with Crippen LogP contribution in [0.15, 0.2) is 67.0 Å². The number of H-pyrrole nitrogens is 1. The molecule has 1 atom stereocenters. The summed E-state index contributed by atoms with van der Waals surface area (Å²) < 4.78 is 5.50. The third kappa shape index (κ3) is 7.22. The van der Waals surface area contributed by atoms with E-state index in [0.717, 1.165) is 67.4 Å². The van der Waals surface area contributed by atoms with Crippen molar-refractivity contribution in [1.82, 2.24) is 30.2 Å². The van der Waals surface area contributed by atoms with E-state index in [4.69, 9.17) is 9.94 Å². The van der Waals surface area contributed by atoms with E-state index in [1.54, 1.807) is 11.8 Å². The predicted molar refractivity (Wildman–Crippen MR) is 155 cm³/mol. The van der Waals surface area contributed by atoms with Crippen LogP contribution < -0.4 is 10.8 Å². The first-order valence-corrected chi connectivity index (χ1v) is 13.8. The minimum Gasteiger partial charge on any atom is -0.380 e. The Labute approximate surface area is 234 Å². The Morgan fingerprint density at radius 1 is 1.02 bits per heavy atom. The van der Waals surface area contributed by atoms with Gasteiger partial charge in [-0.05, 0) is 29.7 Å². The van der Waals surface area contributed by atoms with Crippen molar-refractivity contribution in [3.05, 3.63) is 78.1 Å². The minimum absolute atomic E-state index is 0.124. The lowest BCUT2D eigenvalue weighted by Gasteiger charge is -2.34. The molecule has 0 saturated carbocycles. The second-order valence-electron chi connectivity index (χ2n) is 10.2. The molecule has 10 heteroatoms. The first-order chi connectivity index (χ1) is 19.6. The Bertz CT molecular complexity index is 1370. The normalized spacial score (nSPS) is 15.2. The molecule has 1 fully saturated rings. The molecule has 5 rings (SSSR count). The molecule has 210 valence electrons. The monoisotopic (exact) mass is 543 g/mol. The average Bonchev–Trinajstić information content (AvgIpc) is 3.44. The summed E-state index contributed by atoms with van der Waals surface area (Å²) in [5, 5.41) is 13.0. The van der Waals surface area contributed by atoms with Gasteiger partial charge in [-0.15, -0.1) is 0 Å². The van der Waals surface area contributed by atoms with Crippen molar-refractivity contribution in [2.45, 2.75) is 25.9 Å². The fraction of sp³-hybridized carbons (Fsp3) is 0.367. The Balaban J connectivity index is 1.12. The average molecular weight is 544 g/mol. The van der Waals surface area contributed by atoms with E-state index in [9.17, 15) is 4.79 Å². The lowest BCUT2D eigenvalue weighted by Crippen LogP contribution is -2.46. The summed E-state index contributed by atoms with van der Waals surface area (Å²) in [4.78, 5) is 28.3. The summed E-state index contributed by atoms with van der Waals surface area (Å²) in [5.41, 5.74) is 7.06. The molecule has 40 heavy (non-hydrogen) atoms. The van der Waals surface area contributed by atoms with E-state index in [1.807, 2.05) is 18.2 Å². The summed E-state index contributed by atoms with van der Waals surface area (Å²) in [7, 11) is 0. The highest BCUT2D eigenvalue weighted by Gasteiger charge is 2.17. The van der Waals surface area contributed by atoms with Gasteiger partial charge in [-0.25, -0.2) is 15.4 Å². The Hall–Kier alpha value is -3.83. The van der Waals surface area contributed by atoms with Gasteiger partial charge < -0.3 is 15.0 Å². The molecule has 1 amide bonds. The fourth-order valence-electron chi connectivity index (χ4n) is 4.98. The Morgan fingerprint density at radius 3 is 2.52 bits per heavy atom. The van der Waals surface area contributed by atoms with Gasteiger partial charge in [0.15, 0.2) is 0 Å². The van der Waals surface area contributed by atoms with Crippen molar-refractivity contribution in [1.29, 1.82) is 0 Å². The summed E-state index contributed by atoms with van der Waals surface area (Å²) in [6, 6.07) is 21.3. The van der Waals surface area contributed by atoms with Gasteiger partial charge >= 0.3 is 0 Å². The van der Waals surface area contributed by atoms with Crippen molar-refractivity contribution in [3.8, 4) is 11.3 Å². The molecule has 1 aliphatic rings. The van der Waals surface area contributed by atoms with Crippen molar-refractivity contribution < 1.29 is 14.7 Å². The summed E-state index contributed by atoms with van der Waals surface area (Å²) in [6.45, 7) is 8.81. The number of nitrogens with one attached hydrogen (secondary N) is 3. The highest BCUT2D eigenvalue weighted by atomic mass is 16.5. The molecule has 2 aromatic heterocycles. The number of hydrogen-bond donors (Lipinski definition) is 4. The number of carbonyl (C=O) groups is 1. The third-order valence-electron chi connectivity index (χ3n) is 7.36. The maximum Gasteiger partial charge on any atom is 0.245 e. The van der Waals surface area contributed by atoms with Gasteiger partial charge in [0.2, 0.25) is 5.91 Å². The largest absolute Gasteiger partial charge is 0.380 e. The number of fused-ring (bicyclic) bond motifs is 1. The summed E-state index contributed by atoms with van der Waals surface area (Å²) >= 11 is 0. The van der Waals surface area contributed by atoms with E-state index in [2.05, 4.69) is 79.5 Å². The molecule has 10 nitrogen and oxygen atoms in total. The van der Waals surface area contributed by atoms with Gasteiger partial charge in [0, 0.05) is 51.0 Å². The van der Waals surface area contributed by atoms with Gasteiger partial charge in [-0.2, -0.15) is 0 Å². The second-order valence-corrected chi connectivity index (χ2v) is 10.2. The quantitative estimate of drug-likeness (QED) is 0.121. The Kier molecular flexibility index (Phi) is 9.35. The standard InChI is InChI=1S/C30H37N7O3/c1-22(24-5-3-2-4-6-24)33-29-26-19-27(34-30(26)32-21-31-29)25-9-7-23(8-10-25)20-37-14-12-36(13-15-37)16-18-40-17-11-28(38)35-39/h2-10,19,21-22,39H,11-18,20H2,1H3,(H,35,38)(H2,31,32,33,34)/t22-/m1/s1. The highest BCUT2D eigenvalue weighted by Crippen LogP contribution is 2.29. The van der Waals surface area contributed by atoms with E-state index < -0.39 is 5.91 Å². The van der Waals surface area contributed by atoms with Crippen LogP contribution in [-0.4, -0.2) is 81.8 Å². The number of aromatic amines is 1. The number of benzene rings is 2. The molecular formula is C30H37N7O3. The van der Waals surface area contributed by atoms with E-state index in [0.29, 0.717) is 13.2 Å². The SMILES string of the molecule is C[C@@H](Nc1ncnc2[nH]c(-c3ccc(CN4CCN(CCOCCC(=O)NO)CC4)cc3)cc12)c1ccccc1. The molecule has 0 bridgehead atoms. The molecule has 0 radical (unpaired) electrons. The number of aromatic nitrogens is 3. The zero-order valence-electron chi connectivity index (χ0n) is 22.8. The molecule has 0 aliphatic carbocycles. The van der Waals surface area contributed by atoms with Gasteiger partial charge in [0.1, 0.15) is 17.8 Å². The molecule has 1 saturated heterocycles. The summed E-state index contributed by atoms with van der Waals surface area (Å²) in [6.07, 6.45) is 1.77. The van der Waals surface area contributed by atoms with Gasteiger partial charge in [-0.1, -0.05) is 54.6 Å². The number of amides is 1. The maximum absolute atomic E-state index is 11.0. The first kappa shape index (κ1) is 27.7. The molecule has 3 heterocycles. The van der Waals surface area contributed by atoms with Crippen molar-refractivity contribution in [3.63, 3.8) is 0 Å². The minimum atomic E-state index is -0.423. The molecule has 4 N–H and O–H groups in total. The number of anilines is 1. The highest BCUT2D eigenvalue weighted by molar-refractivity contribution is 5.91. The number of rotatable bonds is 12. The van der Waals surface area contributed by atoms with Crippen molar-refractivity contribution in [2.75, 3.05) is 51.3 Å². The van der Waals surface area contributed by atoms with E-state index >= 15 is 0 Å². The van der Waals surface area contributed by atoms with Crippen molar-refractivity contribution >= 4 is 22.8 Å². The molecular weight excluding hydrogens is 506 g/mol. The van der Waals surface area contributed by atoms with Crippen LogP contribution in [0, 0.1) is 0 Å². The second kappa shape index (κ2) is 13.5. The number of hydrogen-bond acceptors (Lipinski definition) is 8. The topological polar surface area (TPSA) is 119 Å². The van der Waals surface area contributed by atoms with Crippen LogP contribution in [0.4, 0.5) is 5.82 Å². The third-order valence-corrected chi connectivity index (χ3v) is 7.36. The maximum atomic E-state index is 11.0. The van der Waals surface area contributed by atoms with E-state index in [1.165, 1.54) is 11.1 Å². The lowest BCUT2D eigenvalue weighted by molar-refractivity contribution is -0.130. The van der Waals surface area contributed by atoms with Crippen LogP contribution in [0.2, 0.25) is 0 Å². The van der Waals surface area contributed by atoms with Gasteiger partial charge in [-0.3, -0.25) is 19.8 Å². The van der Waals surface area contributed by atoms with Crippen LogP contribution in [0.25, 0.3) is 22.3 Å². The Morgan fingerprint density at radius 2 is 1.77 bits per heavy atom. The predicted octanol–water partition coefficient (Wildman–Crippen LogP) is 3.83. The van der Waals surface area contributed by atoms with Crippen LogP contribution in [-0.2, 0) is 16.1 Å². The van der Waals surface area contributed by atoms with Gasteiger partial charge in [0.25, 0.3) is 0 Å². The number of hydroxylamine groups is 1. The van der Waals surface area contributed by atoms with Crippen LogP contribution in [0.3, 0.4) is 0 Å². The molecule has 0 unspecified atom stereocenters. The number of piperazine rings is 1. The van der Waals surface area contributed by atoms with Crippen molar-refractivity contribution in [2.24, 2.45) is 0 Å². The molecule has 4 aromatic rings. The number of ether oxygens (including phenoxy) is 1. The van der Waals surface area contributed by atoms with Crippen LogP contribution in [0.5, 0.6) is 0 Å². The van der Waals surface area contributed by atoms with E-state index in [-0.39, 0.29) is 12.5 Å². The first-order valence-electron chi connectivity index (χ1n) is 13.8. The molecule has 0 spiro atoms. The lowest BCUT2D eigenvalue weighted by atomic mass is 10.1. The molecule has 1 aliphatic heterocycles.